The SMILES string of the molecule is CNCC1CCN(C(=O)c2cc(OC)c(OC)cc2F)C1. The molecular formula is C15H21FN2O3. The van der Waals surface area contributed by atoms with Gasteiger partial charge in [-0.05, 0) is 32.0 Å². The van der Waals surface area contributed by atoms with E-state index in [-0.39, 0.29) is 17.2 Å². The highest BCUT2D eigenvalue weighted by Crippen LogP contribution is 2.31. The van der Waals surface area contributed by atoms with Gasteiger partial charge in [0.1, 0.15) is 5.82 Å². The van der Waals surface area contributed by atoms with E-state index in [0.717, 1.165) is 13.0 Å². The molecule has 0 aliphatic carbocycles. The lowest BCUT2D eigenvalue weighted by Crippen LogP contribution is -2.31. The van der Waals surface area contributed by atoms with Gasteiger partial charge in [0.05, 0.1) is 19.8 Å². The first kappa shape index (κ1) is 15.6. The van der Waals surface area contributed by atoms with Crippen molar-refractivity contribution in [2.24, 2.45) is 5.92 Å². The van der Waals surface area contributed by atoms with Crippen molar-refractivity contribution in [1.82, 2.24) is 10.2 Å². The van der Waals surface area contributed by atoms with Crippen molar-refractivity contribution in [3.63, 3.8) is 0 Å². The van der Waals surface area contributed by atoms with Gasteiger partial charge in [-0.25, -0.2) is 4.39 Å². The summed E-state index contributed by atoms with van der Waals surface area (Å²) in [7, 11) is 4.78. The molecule has 1 aliphatic heterocycles. The fourth-order valence-electron chi connectivity index (χ4n) is 2.66. The smallest absolute Gasteiger partial charge is 0.256 e. The van der Waals surface area contributed by atoms with E-state index in [0.29, 0.717) is 24.8 Å². The number of rotatable bonds is 5. The first-order chi connectivity index (χ1) is 10.1. The number of hydrogen-bond donors (Lipinski definition) is 1. The summed E-state index contributed by atoms with van der Waals surface area (Å²) < 4.78 is 24.3. The Morgan fingerprint density at radius 2 is 2.05 bits per heavy atom. The molecule has 0 bridgehead atoms. The molecule has 0 saturated carbocycles. The lowest BCUT2D eigenvalue weighted by Gasteiger charge is -2.18. The summed E-state index contributed by atoms with van der Waals surface area (Å²) in [6.45, 7) is 2.16. The zero-order chi connectivity index (χ0) is 15.4. The average Bonchev–Trinajstić information content (AvgIpc) is 2.95. The molecule has 1 amide bonds. The second-order valence-corrected chi connectivity index (χ2v) is 5.15. The number of hydrogen-bond acceptors (Lipinski definition) is 4. The number of carbonyl (C=O) groups excluding carboxylic acids is 1. The molecule has 1 fully saturated rings. The van der Waals surface area contributed by atoms with E-state index in [4.69, 9.17) is 9.47 Å². The van der Waals surface area contributed by atoms with Gasteiger partial charge in [0.15, 0.2) is 11.5 Å². The number of ether oxygens (including phenoxy) is 2. The Bertz CT molecular complexity index is 522. The lowest BCUT2D eigenvalue weighted by molar-refractivity contribution is 0.0782. The van der Waals surface area contributed by atoms with Gasteiger partial charge in [-0.15, -0.1) is 0 Å². The third kappa shape index (κ3) is 3.26. The predicted octanol–water partition coefficient (Wildman–Crippen LogP) is 1.52. The molecule has 6 heteroatoms. The van der Waals surface area contributed by atoms with Gasteiger partial charge in [-0.1, -0.05) is 0 Å². The van der Waals surface area contributed by atoms with Crippen molar-refractivity contribution in [1.29, 1.82) is 0 Å². The van der Waals surface area contributed by atoms with Crippen LogP contribution in [0.3, 0.4) is 0 Å². The summed E-state index contributed by atoms with van der Waals surface area (Å²) in [4.78, 5) is 14.1. The summed E-state index contributed by atoms with van der Waals surface area (Å²) in [5.74, 6) is 0.165. The predicted molar refractivity (Wildman–Crippen MR) is 77.4 cm³/mol. The summed E-state index contributed by atoms with van der Waals surface area (Å²) in [6, 6.07) is 2.59. The summed E-state index contributed by atoms with van der Waals surface area (Å²) in [5, 5.41) is 3.11. The van der Waals surface area contributed by atoms with Crippen LogP contribution in [-0.2, 0) is 0 Å². The van der Waals surface area contributed by atoms with E-state index in [2.05, 4.69) is 5.32 Å². The largest absolute Gasteiger partial charge is 0.493 e. The molecule has 0 radical (unpaired) electrons. The third-order valence-electron chi connectivity index (χ3n) is 3.77. The highest BCUT2D eigenvalue weighted by atomic mass is 19.1. The molecule has 1 aromatic rings. The molecule has 1 heterocycles. The fraction of sp³-hybridized carbons (Fsp3) is 0.533. The standard InChI is InChI=1S/C15H21FN2O3/c1-17-8-10-4-5-18(9-10)15(19)11-6-13(20-2)14(21-3)7-12(11)16/h6-7,10,17H,4-5,8-9H2,1-3H3. The average molecular weight is 296 g/mol. The van der Waals surface area contributed by atoms with Crippen molar-refractivity contribution >= 4 is 5.91 Å². The number of nitrogens with one attached hydrogen (secondary N) is 1. The van der Waals surface area contributed by atoms with Crippen LogP contribution < -0.4 is 14.8 Å². The molecule has 1 atom stereocenters. The number of carbonyl (C=O) groups is 1. The molecule has 1 saturated heterocycles. The maximum Gasteiger partial charge on any atom is 0.256 e. The zero-order valence-electron chi connectivity index (χ0n) is 12.6. The van der Waals surface area contributed by atoms with Crippen LogP contribution in [0.15, 0.2) is 12.1 Å². The molecule has 1 aromatic carbocycles. The van der Waals surface area contributed by atoms with Gasteiger partial charge in [-0.3, -0.25) is 4.79 Å². The van der Waals surface area contributed by atoms with Crippen molar-refractivity contribution < 1.29 is 18.7 Å². The monoisotopic (exact) mass is 296 g/mol. The van der Waals surface area contributed by atoms with Crippen molar-refractivity contribution in [2.45, 2.75) is 6.42 Å². The lowest BCUT2D eigenvalue weighted by atomic mass is 10.1. The Balaban J connectivity index is 2.20. The van der Waals surface area contributed by atoms with Gasteiger partial charge in [0.2, 0.25) is 0 Å². The quantitative estimate of drug-likeness (QED) is 0.895. The molecule has 1 unspecified atom stereocenters. The van der Waals surface area contributed by atoms with Crippen LogP contribution in [-0.4, -0.2) is 51.7 Å². The Labute approximate surface area is 124 Å². The second kappa shape index (κ2) is 6.76. The molecule has 1 N–H and O–H groups in total. The molecule has 116 valence electrons. The highest BCUT2D eigenvalue weighted by molar-refractivity contribution is 5.95. The normalized spacial score (nSPS) is 17.9. The topological polar surface area (TPSA) is 50.8 Å². The van der Waals surface area contributed by atoms with Crippen LogP contribution >= 0.6 is 0 Å². The molecule has 21 heavy (non-hydrogen) atoms. The number of nitrogens with zero attached hydrogens (tertiary/aromatic N) is 1. The number of halogens is 1. The molecule has 2 rings (SSSR count). The first-order valence-corrected chi connectivity index (χ1v) is 6.96. The highest BCUT2D eigenvalue weighted by Gasteiger charge is 2.28. The van der Waals surface area contributed by atoms with E-state index in [1.807, 2.05) is 7.05 Å². The van der Waals surface area contributed by atoms with E-state index < -0.39 is 5.82 Å². The van der Waals surface area contributed by atoms with Gasteiger partial charge < -0.3 is 19.7 Å². The van der Waals surface area contributed by atoms with Gasteiger partial charge in [0, 0.05) is 19.2 Å². The van der Waals surface area contributed by atoms with E-state index in [1.54, 1.807) is 4.90 Å². The van der Waals surface area contributed by atoms with E-state index in [9.17, 15) is 9.18 Å². The Morgan fingerprint density at radius 3 is 2.67 bits per heavy atom. The van der Waals surface area contributed by atoms with E-state index in [1.165, 1.54) is 26.4 Å². The number of methoxy groups -OCH3 is 2. The molecular weight excluding hydrogens is 275 g/mol. The summed E-state index contributed by atoms with van der Waals surface area (Å²) in [5.41, 5.74) is 0.0257. The number of amides is 1. The Kier molecular flexibility index (Phi) is 5.01. The van der Waals surface area contributed by atoms with Crippen molar-refractivity contribution in [3.8, 4) is 11.5 Å². The zero-order valence-corrected chi connectivity index (χ0v) is 12.6. The first-order valence-electron chi connectivity index (χ1n) is 6.96. The van der Waals surface area contributed by atoms with Crippen molar-refractivity contribution in [3.05, 3.63) is 23.5 Å². The molecule has 0 spiro atoms. The van der Waals surface area contributed by atoms with Crippen LogP contribution in [0.4, 0.5) is 4.39 Å². The van der Waals surface area contributed by atoms with Crippen LogP contribution in [0.1, 0.15) is 16.8 Å². The van der Waals surface area contributed by atoms with Gasteiger partial charge >= 0.3 is 0 Å². The van der Waals surface area contributed by atoms with Crippen LogP contribution in [0.25, 0.3) is 0 Å². The Morgan fingerprint density at radius 1 is 1.38 bits per heavy atom. The molecule has 1 aliphatic rings. The maximum atomic E-state index is 14.1. The molecule has 5 nitrogen and oxygen atoms in total. The van der Waals surface area contributed by atoms with Crippen LogP contribution in [0.5, 0.6) is 11.5 Å². The van der Waals surface area contributed by atoms with Crippen LogP contribution in [0, 0.1) is 11.7 Å². The van der Waals surface area contributed by atoms with E-state index >= 15 is 0 Å². The van der Waals surface area contributed by atoms with Crippen LogP contribution in [0.2, 0.25) is 0 Å². The molecule has 0 aromatic heterocycles. The minimum atomic E-state index is -0.588. The summed E-state index contributed by atoms with van der Waals surface area (Å²) >= 11 is 0. The summed E-state index contributed by atoms with van der Waals surface area (Å²) in [6.07, 6.45) is 0.932. The Hall–Kier alpha value is -1.82. The van der Waals surface area contributed by atoms with Crippen molar-refractivity contribution in [2.75, 3.05) is 40.9 Å². The minimum absolute atomic E-state index is 0.0257. The number of benzene rings is 1. The second-order valence-electron chi connectivity index (χ2n) is 5.15. The third-order valence-corrected chi connectivity index (χ3v) is 3.77. The van der Waals surface area contributed by atoms with Gasteiger partial charge in [-0.2, -0.15) is 0 Å². The fourth-order valence-corrected chi connectivity index (χ4v) is 2.66. The minimum Gasteiger partial charge on any atom is -0.493 e. The van der Waals surface area contributed by atoms with Gasteiger partial charge in [0.25, 0.3) is 5.91 Å². The maximum absolute atomic E-state index is 14.1. The number of likely N-dealkylation sites (tertiary alicyclic amines) is 1.